The predicted molar refractivity (Wildman–Crippen MR) is 114 cm³/mol. The normalized spacial score (nSPS) is 19.9. The number of quaternary nitrogens is 1. The second-order valence-electron chi connectivity index (χ2n) is 8.05. The van der Waals surface area contributed by atoms with Crippen LogP contribution in [0, 0.1) is 19.8 Å². The number of anilines is 2. The zero-order chi connectivity index (χ0) is 21.1. The van der Waals surface area contributed by atoms with Crippen LogP contribution in [0.15, 0.2) is 36.4 Å². The van der Waals surface area contributed by atoms with E-state index >= 15 is 0 Å². The molecule has 0 radical (unpaired) electrons. The third-order valence-electron chi connectivity index (χ3n) is 5.99. The first kappa shape index (κ1) is 20.2. The summed E-state index contributed by atoms with van der Waals surface area (Å²) >= 11 is 0. The van der Waals surface area contributed by atoms with Crippen molar-refractivity contribution in [3.63, 3.8) is 0 Å². The van der Waals surface area contributed by atoms with E-state index in [0.717, 1.165) is 42.7 Å². The van der Waals surface area contributed by atoms with Gasteiger partial charge in [0, 0.05) is 36.2 Å². The van der Waals surface area contributed by atoms with Gasteiger partial charge in [0.05, 0.1) is 13.1 Å². The predicted octanol–water partition coefficient (Wildman–Crippen LogP) is 1.90. The van der Waals surface area contributed by atoms with E-state index in [1.165, 1.54) is 4.90 Å². The summed E-state index contributed by atoms with van der Waals surface area (Å²) in [4.78, 5) is 26.3. The highest BCUT2D eigenvalue weighted by Gasteiger charge is 2.29. The largest absolute Gasteiger partial charge is 0.454 e. The molecule has 0 unspecified atom stereocenters. The third-order valence-corrected chi connectivity index (χ3v) is 5.99. The van der Waals surface area contributed by atoms with Crippen LogP contribution in [-0.2, 0) is 9.59 Å². The summed E-state index contributed by atoms with van der Waals surface area (Å²) in [7, 11) is 0. The summed E-state index contributed by atoms with van der Waals surface area (Å²) in [6.07, 6.45) is 1.53. The van der Waals surface area contributed by atoms with Gasteiger partial charge in [0.1, 0.15) is 0 Å². The number of nitrogens with one attached hydrogen (secondary N) is 3. The van der Waals surface area contributed by atoms with Gasteiger partial charge in [-0.05, 0) is 43.2 Å². The van der Waals surface area contributed by atoms with E-state index in [1.807, 2.05) is 38.1 Å². The number of hydrogen-bond donors (Lipinski definition) is 3. The van der Waals surface area contributed by atoms with Gasteiger partial charge in [0.2, 0.25) is 12.7 Å². The average Bonchev–Trinajstić information content (AvgIpc) is 3.20. The number of hydrogen-bond acceptors (Lipinski definition) is 4. The highest BCUT2D eigenvalue weighted by molar-refractivity contribution is 5.93. The Bertz CT molecular complexity index is 951. The minimum atomic E-state index is -0.0405. The Hall–Kier alpha value is -3.06. The Morgan fingerprint density at radius 3 is 2.60 bits per heavy atom. The average molecular weight is 410 g/mol. The van der Waals surface area contributed by atoms with Crippen molar-refractivity contribution in [1.29, 1.82) is 0 Å². The van der Waals surface area contributed by atoms with E-state index in [4.69, 9.17) is 9.47 Å². The van der Waals surface area contributed by atoms with Crippen molar-refractivity contribution >= 4 is 23.2 Å². The lowest BCUT2D eigenvalue weighted by atomic mass is 9.95. The number of amides is 2. The molecule has 0 spiro atoms. The Morgan fingerprint density at radius 2 is 1.80 bits per heavy atom. The van der Waals surface area contributed by atoms with Gasteiger partial charge in [-0.15, -0.1) is 0 Å². The van der Waals surface area contributed by atoms with E-state index in [-0.39, 0.29) is 24.5 Å². The monoisotopic (exact) mass is 410 g/mol. The number of likely N-dealkylation sites (tertiary alicyclic amines) is 1. The van der Waals surface area contributed by atoms with Crippen LogP contribution in [0.3, 0.4) is 0 Å². The smallest absolute Gasteiger partial charge is 0.279 e. The summed E-state index contributed by atoms with van der Waals surface area (Å²) in [5.74, 6) is 1.35. The standard InChI is InChI=1S/C23H27N3O4/c1-15-4-3-5-19(16(15)2)25-22(27)13-26-10-8-17(9-11-26)23(28)24-18-6-7-20-21(12-18)30-14-29-20/h3-7,12,17H,8-11,13-14H2,1-2H3,(H,24,28)(H,25,27)/p+1. The van der Waals surface area contributed by atoms with Gasteiger partial charge >= 0.3 is 0 Å². The van der Waals surface area contributed by atoms with Gasteiger partial charge in [0.25, 0.3) is 5.91 Å². The molecule has 4 rings (SSSR count). The van der Waals surface area contributed by atoms with Gasteiger partial charge in [-0.25, -0.2) is 0 Å². The highest BCUT2D eigenvalue weighted by Crippen LogP contribution is 2.34. The lowest BCUT2D eigenvalue weighted by molar-refractivity contribution is -0.897. The second kappa shape index (κ2) is 8.75. The van der Waals surface area contributed by atoms with Gasteiger partial charge < -0.3 is 25.0 Å². The Labute approximate surface area is 176 Å². The lowest BCUT2D eigenvalue weighted by Crippen LogP contribution is -3.14. The molecule has 2 aromatic rings. The van der Waals surface area contributed by atoms with Crippen molar-refractivity contribution in [2.24, 2.45) is 5.92 Å². The summed E-state index contributed by atoms with van der Waals surface area (Å²) < 4.78 is 10.7. The molecule has 7 heteroatoms. The summed E-state index contributed by atoms with van der Waals surface area (Å²) in [6.45, 7) is 6.30. The molecule has 0 saturated carbocycles. The number of fused-ring (bicyclic) bond motifs is 1. The quantitative estimate of drug-likeness (QED) is 0.703. The molecule has 0 atom stereocenters. The fourth-order valence-electron chi connectivity index (χ4n) is 3.99. The molecule has 3 N–H and O–H groups in total. The number of rotatable bonds is 5. The molecule has 2 heterocycles. The molecule has 0 bridgehead atoms. The maximum Gasteiger partial charge on any atom is 0.279 e. The lowest BCUT2D eigenvalue weighted by Gasteiger charge is -2.28. The molecular formula is C23H28N3O4+. The van der Waals surface area contributed by atoms with E-state index in [2.05, 4.69) is 10.6 Å². The fraction of sp³-hybridized carbons (Fsp3) is 0.391. The molecule has 2 aliphatic heterocycles. The molecule has 2 aromatic carbocycles. The Morgan fingerprint density at radius 1 is 1.03 bits per heavy atom. The van der Waals surface area contributed by atoms with Crippen LogP contribution in [-0.4, -0.2) is 38.2 Å². The van der Waals surface area contributed by atoms with Gasteiger partial charge in [-0.2, -0.15) is 0 Å². The third kappa shape index (κ3) is 4.57. The first-order valence-electron chi connectivity index (χ1n) is 10.4. The van der Waals surface area contributed by atoms with Crippen molar-refractivity contribution in [2.45, 2.75) is 26.7 Å². The molecule has 7 nitrogen and oxygen atoms in total. The van der Waals surface area contributed by atoms with E-state index in [1.54, 1.807) is 12.1 Å². The number of piperidine rings is 1. The van der Waals surface area contributed by atoms with Crippen molar-refractivity contribution in [3.05, 3.63) is 47.5 Å². The molecule has 1 saturated heterocycles. The zero-order valence-electron chi connectivity index (χ0n) is 17.4. The molecule has 158 valence electrons. The Kier molecular flexibility index (Phi) is 5.90. The SMILES string of the molecule is Cc1cccc(NC(=O)C[NH+]2CCC(C(=O)Nc3ccc4c(c3)OCO4)CC2)c1C. The Balaban J connectivity index is 1.25. The molecule has 0 aliphatic carbocycles. The zero-order valence-corrected chi connectivity index (χ0v) is 17.4. The van der Waals surface area contributed by atoms with Crippen molar-refractivity contribution in [1.82, 2.24) is 0 Å². The van der Waals surface area contributed by atoms with Crippen LogP contribution in [0.5, 0.6) is 11.5 Å². The van der Waals surface area contributed by atoms with Crippen molar-refractivity contribution in [3.8, 4) is 11.5 Å². The summed E-state index contributed by atoms with van der Waals surface area (Å²) in [5, 5.41) is 6.00. The molecule has 2 amide bonds. The van der Waals surface area contributed by atoms with Gasteiger partial charge in [-0.1, -0.05) is 12.1 Å². The summed E-state index contributed by atoms with van der Waals surface area (Å²) in [5.41, 5.74) is 3.85. The molecule has 30 heavy (non-hydrogen) atoms. The molecule has 1 fully saturated rings. The van der Waals surface area contributed by atoms with Gasteiger partial charge in [0.15, 0.2) is 18.0 Å². The van der Waals surface area contributed by atoms with Crippen LogP contribution in [0.2, 0.25) is 0 Å². The van der Waals surface area contributed by atoms with E-state index < -0.39 is 0 Å². The summed E-state index contributed by atoms with van der Waals surface area (Å²) in [6, 6.07) is 11.3. The minimum absolute atomic E-state index is 0.0157. The number of carbonyl (C=O) groups excluding carboxylic acids is 2. The van der Waals surface area contributed by atoms with Crippen LogP contribution in [0.4, 0.5) is 11.4 Å². The maximum atomic E-state index is 12.6. The van der Waals surface area contributed by atoms with Crippen molar-refractivity contribution in [2.75, 3.05) is 37.1 Å². The number of aryl methyl sites for hydroxylation is 1. The second-order valence-corrected chi connectivity index (χ2v) is 8.05. The number of ether oxygens (including phenoxy) is 2. The first-order valence-corrected chi connectivity index (χ1v) is 10.4. The number of carbonyl (C=O) groups is 2. The molecular weight excluding hydrogens is 382 g/mol. The van der Waals surface area contributed by atoms with Crippen LogP contribution < -0.4 is 25.0 Å². The number of benzene rings is 2. The highest BCUT2D eigenvalue weighted by atomic mass is 16.7. The van der Waals surface area contributed by atoms with Crippen molar-refractivity contribution < 1.29 is 24.0 Å². The van der Waals surface area contributed by atoms with Gasteiger partial charge in [-0.3, -0.25) is 9.59 Å². The maximum absolute atomic E-state index is 12.6. The van der Waals surface area contributed by atoms with E-state index in [0.29, 0.717) is 23.7 Å². The van der Waals surface area contributed by atoms with Crippen LogP contribution in [0.1, 0.15) is 24.0 Å². The first-order chi connectivity index (χ1) is 14.5. The van der Waals surface area contributed by atoms with E-state index in [9.17, 15) is 9.59 Å². The fourth-order valence-corrected chi connectivity index (χ4v) is 3.99. The molecule has 2 aliphatic rings. The molecule has 0 aromatic heterocycles. The topological polar surface area (TPSA) is 81.1 Å². The van der Waals surface area contributed by atoms with Crippen LogP contribution in [0.25, 0.3) is 0 Å². The van der Waals surface area contributed by atoms with Crippen LogP contribution >= 0.6 is 0 Å². The minimum Gasteiger partial charge on any atom is -0.454 e.